The lowest BCUT2D eigenvalue weighted by Gasteiger charge is -2.14. The van der Waals surface area contributed by atoms with E-state index in [9.17, 15) is 23.2 Å². The maximum absolute atomic E-state index is 12.4. The SMILES string of the molecule is O=C(O)C[C@@H](NC(=O)c1ccccc1SC(F)F)C(=O)O. The molecule has 1 aromatic rings. The minimum atomic E-state index is -2.74. The number of nitrogens with one attached hydrogen (secondary N) is 1. The lowest BCUT2D eigenvalue weighted by Crippen LogP contribution is -2.42. The molecule has 0 heterocycles. The molecule has 0 radical (unpaired) electrons. The highest BCUT2D eigenvalue weighted by Crippen LogP contribution is 2.28. The smallest absolute Gasteiger partial charge is 0.326 e. The van der Waals surface area contributed by atoms with Crippen LogP contribution < -0.4 is 5.32 Å². The van der Waals surface area contributed by atoms with Gasteiger partial charge in [0.15, 0.2) is 0 Å². The van der Waals surface area contributed by atoms with Gasteiger partial charge in [0.1, 0.15) is 6.04 Å². The second kappa shape index (κ2) is 7.58. The molecule has 1 amide bonds. The fourth-order valence-corrected chi connectivity index (χ4v) is 2.10. The summed E-state index contributed by atoms with van der Waals surface area (Å²) in [5, 5.41) is 19.4. The number of thioether (sulfide) groups is 1. The quantitative estimate of drug-likeness (QED) is 0.660. The predicted molar refractivity (Wildman–Crippen MR) is 69.4 cm³/mol. The van der Waals surface area contributed by atoms with Gasteiger partial charge in [-0.05, 0) is 12.1 Å². The molecule has 0 unspecified atom stereocenters. The van der Waals surface area contributed by atoms with Crippen LogP contribution in [0.2, 0.25) is 0 Å². The fourth-order valence-electron chi connectivity index (χ4n) is 1.46. The second-order valence-corrected chi connectivity index (χ2v) is 4.87. The van der Waals surface area contributed by atoms with Crippen LogP contribution in [0.5, 0.6) is 0 Å². The van der Waals surface area contributed by atoms with Gasteiger partial charge in [0.05, 0.1) is 12.0 Å². The molecule has 1 atom stereocenters. The summed E-state index contributed by atoms with van der Waals surface area (Å²) in [6.07, 6.45) is -0.814. The Morgan fingerprint density at radius 3 is 2.33 bits per heavy atom. The topological polar surface area (TPSA) is 104 Å². The van der Waals surface area contributed by atoms with Crippen LogP contribution in [0.1, 0.15) is 16.8 Å². The van der Waals surface area contributed by atoms with Crippen molar-refractivity contribution in [1.82, 2.24) is 5.32 Å². The molecule has 0 saturated heterocycles. The molecule has 0 aromatic heterocycles. The fraction of sp³-hybridized carbons (Fsp3) is 0.250. The summed E-state index contributed by atoms with van der Waals surface area (Å²) < 4.78 is 24.8. The third kappa shape index (κ3) is 5.38. The molecule has 9 heteroatoms. The van der Waals surface area contributed by atoms with Gasteiger partial charge in [-0.25, -0.2) is 4.79 Å². The Kier molecular flexibility index (Phi) is 6.10. The lowest BCUT2D eigenvalue weighted by molar-refractivity contribution is -0.145. The van der Waals surface area contributed by atoms with Gasteiger partial charge in [-0.3, -0.25) is 9.59 Å². The number of carboxylic acids is 2. The number of carbonyl (C=O) groups excluding carboxylic acids is 1. The molecule has 114 valence electrons. The molecule has 0 saturated carbocycles. The number of alkyl halides is 2. The molecule has 1 aromatic carbocycles. The Labute approximate surface area is 122 Å². The summed E-state index contributed by atoms with van der Waals surface area (Å²) in [5.74, 6) is -6.59. The van der Waals surface area contributed by atoms with Gasteiger partial charge in [0, 0.05) is 4.90 Å². The van der Waals surface area contributed by atoms with Crippen LogP contribution in [0, 0.1) is 0 Å². The van der Waals surface area contributed by atoms with Crippen molar-refractivity contribution in [2.75, 3.05) is 0 Å². The minimum absolute atomic E-state index is 0.0236. The highest BCUT2D eigenvalue weighted by molar-refractivity contribution is 7.99. The van der Waals surface area contributed by atoms with Gasteiger partial charge in [0.2, 0.25) is 0 Å². The van der Waals surface area contributed by atoms with Crippen LogP contribution >= 0.6 is 11.8 Å². The monoisotopic (exact) mass is 319 g/mol. The molecule has 0 bridgehead atoms. The van der Waals surface area contributed by atoms with Crippen molar-refractivity contribution in [3.63, 3.8) is 0 Å². The van der Waals surface area contributed by atoms with Gasteiger partial charge in [-0.1, -0.05) is 23.9 Å². The van der Waals surface area contributed by atoms with E-state index in [1.54, 1.807) is 0 Å². The van der Waals surface area contributed by atoms with Crippen molar-refractivity contribution in [3.8, 4) is 0 Å². The van der Waals surface area contributed by atoms with Gasteiger partial charge in [-0.2, -0.15) is 8.78 Å². The van der Waals surface area contributed by atoms with E-state index in [-0.39, 0.29) is 22.2 Å². The molecular formula is C12H11F2NO5S. The number of halogens is 2. The van der Waals surface area contributed by atoms with Gasteiger partial charge in [0.25, 0.3) is 11.7 Å². The molecule has 0 aliphatic rings. The average molecular weight is 319 g/mol. The van der Waals surface area contributed by atoms with Gasteiger partial charge in [-0.15, -0.1) is 0 Å². The molecule has 0 fully saturated rings. The van der Waals surface area contributed by atoms with E-state index < -0.39 is 36.1 Å². The van der Waals surface area contributed by atoms with Gasteiger partial charge >= 0.3 is 11.9 Å². The number of carbonyl (C=O) groups is 3. The third-order valence-electron chi connectivity index (χ3n) is 2.33. The van der Waals surface area contributed by atoms with E-state index in [1.165, 1.54) is 24.3 Å². The van der Waals surface area contributed by atoms with E-state index in [4.69, 9.17) is 10.2 Å². The summed E-state index contributed by atoms with van der Waals surface area (Å²) in [7, 11) is 0. The number of benzene rings is 1. The van der Waals surface area contributed by atoms with Crippen molar-refractivity contribution >= 4 is 29.6 Å². The minimum Gasteiger partial charge on any atom is -0.481 e. The van der Waals surface area contributed by atoms with Crippen LogP contribution in [0.15, 0.2) is 29.2 Å². The normalized spacial score (nSPS) is 12.0. The van der Waals surface area contributed by atoms with Crippen molar-refractivity contribution in [2.24, 2.45) is 0 Å². The lowest BCUT2D eigenvalue weighted by atomic mass is 10.1. The average Bonchev–Trinajstić information content (AvgIpc) is 2.37. The second-order valence-electron chi connectivity index (χ2n) is 3.84. The first-order valence-electron chi connectivity index (χ1n) is 5.60. The Hall–Kier alpha value is -2.16. The highest BCUT2D eigenvalue weighted by atomic mass is 32.2. The summed E-state index contributed by atoms with van der Waals surface area (Å²) in [5.41, 5.74) is -0.139. The molecule has 0 aliphatic heterocycles. The Morgan fingerprint density at radius 2 is 1.81 bits per heavy atom. The zero-order chi connectivity index (χ0) is 16.0. The number of carboxylic acid groups (broad SMARTS) is 2. The van der Waals surface area contributed by atoms with Crippen molar-refractivity contribution in [1.29, 1.82) is 0 Å². The first kappa shape index (κ1) is 16.9. The number of amides is 1. The standard InChI is InChI=1S/C12H11F2NO5S/c13-12(14)21-8-4-2-1-3-6(8)10(18)15-7(11(19)20)5-9(16)17/h1-4,7,12H,5H2,(H,15,18)(H,16,17)(H,19,20)/t7-/m1/s1. The zero-order valence-electron chi connectivity index (χ0n) is 10.5. The van der Waals surface area contributed by atoms with E-state index in [0.29, 0.717) is 0 Å². The summed E-state index contributed by atoms with van der Waals surface area (Å²) >= 11 is 0.145. The van der Waals surface area contributed by atoms with E-state index >= 15 is 0 Å². The van der Waals surface area contributed by atoms with E-state index in [2.05, 4.69) is 0 Å². The van der Waals surface area contributed by atoms with Crippen molar-refractivity contribution in [2.45, 2.75) is 23.1 Å². The molecule has 0 aliphatic carbocycles. The highest BCUT2D eigenvalue weighted by Gasteiger charge is 2.25. The third-order valence-corrected chi connectivity index (χ3v) is 3.12. The number of hydrogen-bond acceptors (Lipinski definition) is 4. The molecule has 0 spiro atoms. The van der Waals surface area contributed by atoms with Crippen LogP contribution in [0.4, 0.5) is 8.78 Å². The Balaban J connectivity index is 2.92. The Morgan fingerprint density at radius 1 is 1.19 bits per heavy atom. The maximum atomic E-state index is 12.4. The molecule has 6 nitrogen and oxygen atoms in total. The summed E-state index contributed by atoms with van der Waals surface area (Å²) in [6, 6.07) is 3.78. The van der Waals surface area contributed by atoms with Crippen molar-refractivity contribution in [3.05, 3.63) is 29.8 Å². The summed E-state index contributed by atoms with van der Waals surface area (Å²) in [6.45, 7) is 0. The van der Waals surface area contributed by atoms with Crippen LogP contribution in [0.3, 0.4) is 0 Å². The molecule has 1 rings (SSSR count). The summed E-state index contributed by atoms with van der Waals surface area (Å²) in [4.78, 5) is 33.3. The largest absolute Gasteiger partial charge is 0.481 e. The van der Waals surface area contributed by atoms with Crippen LogP contribution in [-0.2, 0) is 9.59 Å². The molecule has 21 heavy (non-hydrogen) atoms. The first-order valence-corrected chi connectivity index (χ1v) is 6.48. The maximum Gasteiger partial charge on any atom is 0.326 e. The molecular weight excluding hydrogens is 308 g/mol. The Bertz CT molecular complexity index is 552. The number of aliphatic carboxylic acids is 2. The van der Waals surface area contributed by atoms with E-state index in [1.807, 2.05) is 5.32 Å². The van der Waals surface area contributed by atoms with Gasteiger partial charge < -0.3 is 15.5 Å². The van der Waals surface area contributed by atoms with Crippen LogP contribution in [0.25, 0.3) is 0 Å². The number of rotatable bonds is 7. The van der Waals surface area contributed by atoms with Crippen LogP contribution in [-0.4, -0.2) is 39.9 Å². The molecule has 3 N–H and O–H groups in total. The van der Waals surface area contributed by atoms with Crippen molar-refractivity contribution < 1.29 is 33.4 Å². The predicted octanol–water partition coefficient (Wildman–Crippen LogP) is 1.66. The first-order chi connectivity index (χ1) is 9.81. The zero-order valence-corrected chi connectivity index (χ0v) is 11.3. The van der Waals surface area contributed by atoms with E-state index in [0.717, 1.165) is 0 Å². The number of hydrogen-bond donors (Lipinski definition) is 3.